The highest BCUT2D eigenvalue weighted by atomic mass is 32.2. The molecule has 110 valence electrons. The Kier molecular flexibility index (Phi) is 9.13. The van der Waals surface area contributed by atoms with Gasteiger partial charge >= 0.3 is 11.9 Å². The average Bonchev–Trinajstić information content (AvgIpc) is 2.41. The molecule has 0 aliphatic heterocycles. The van der Waals surface area contributed by atoms with Crippen LogP contribution in [0.2, 0.25) is 0 Å². The second-order valence-corrected chi connectivity index (χ2v) is 5.11. The number of thioether (sulfide) groups is 1. The van der Waals surface area contributed by atoms with Crippen LogP contribution in [-0.2, 0) is 23.9 Å². The molecule has 20 heavy (non-hydrogen) atoms. The van der Waals surface area contributed by atoms with Crippen LogP contribution in [0.1, 0.15) is 20.3 Å². The van der Waals surface area contributed by atoms with Crippen molar-refractivity contribution in [3.63, 3.8) is 0 Å². The maximum absolute atomic E-state index is 11.7. The molecule has 0 heterocycles. The van der Waals surface area contributed by atoms with E-state index in [0.717, 1.165) is 11.8 Å². The second kappa shape index (κ2) is 10.0. The van der Waals surface area contributed by atoms with Gasteiger partial charge in [0.1, 0.15) is 6.61 Å². The number of carbonyl (C=O) groups is 3. The minimum absolute atomic E-state index is 0.0198. The summed E-state index contributed by atoms with van der Waals surface area (Å²) in [4.78, 5) is 34.1. The van der Waals surface area contributed by atoms with Crippen molar-refractivity contribution in [2.75, 3.05) is 12.4 Å². The lowest BCUT2D eigenvalue weighted by atomic mass is 10.2. The molecule has 0 rings (SSSR count). The van der Waals surface area contributed by atoms with Gasteiger partial charge in [0.15, 0.2) is 5.12 Å². The number of rotatable bonds is 8. The highest BCUT2D eigenvalue weighted by molar-refractivity contribution is 8.13. The highest BCUT2D eigenvalue weighted by Gasteiger charge is 2.26. The monoisotopic (exact) mass is 299 g/mol. The van der Waals surface area contributed by atoms with Crippen LogP contribution < -0.4 is 0 Å². The number of nitrogens with zero attached hydrogens (tertiary/aromatic N) is 1. The molecule has 0 spiro atoms. The van der Waals surface area contributed by atoms with E-state index in [9.17, 15) is 14.4 Å². The molecule has 6 nitrogen and oxygen atoms in total. The summed E-state index contributed by atoms with van der Waals surface area (Å²) >= 11 is 0.996. The molecule has 7 heteroatoms. The largest absolute Gasteiger partial charge is 0.459 e. The van der Waals surface area contributed by atoms with Gasteiger partial charge in [-0.2, -0.15) is 5.26 Å². The molecule has 0 saturated carbocycles. The van der Waals surface area contributed by atoms with Crippen molar-refractivity contribution in [3.8, 4) is 6.07 Å². The zero-order chi connectivity index (χ0) is 15.5. The Balaban J connectivity index is 4.46. The number of hydrogen-bond acceptors (Lipinski definition) is 7. The van der Waals surface area contributed by atoms with Gasteiger partial charge in [-0.15, -0.1) is 0 Å². The van der Waals surface area contributed by atoms with Crippen LogP contribution in [0, 0.1) is 17.2 Å². The Morgan fingerprint density at radius 2 is 2.05 bits per heavy atom. The van der Waals surface area contributed by atoms with Crippen molar-refractivity contribution in [1.29, 1.82) is 5.26 Å². The van der Waals surface area contributed by atoms with Crippen LogP contribution in [0.3, 0.4) is 0 Å². The fourth-order valence-corrected chi connectivity index (χ4v) is 1.68. The molecule has 0 amide bonds. The lowest BCUT2D eigenvalue weighted by Crippen LogP contribution is -2.31. The zero-order valence-corrected chi connectivity index (χ0v) is 12.3. The number of carbonyl (C=O) groups excluding carboxylic acids is 3. The van der Waals surface area contributed by atoms with E-state index in [1.165, 1.54) is 13.0 Å². The Labute approximate surface area is 122 Å². The number of hydrogen-bond donors (Lipinski definition) is 0. The first-order chi connectivity index (χ1) is 9.42. The van der Waals surface area contributed by atoms with E-state index in [2.05, 4.69) is 6.58 Å². The van der Waals surface area contributed by atoms with E-state index in [-0.39, 0.29) is 23.9 Å². The fourth-order valence-electron chi connectivity index (χ4n) is 1.06. The minimum Gasteiger partial charge on any atom is -0.459 e. The first-order valence-corrected chi connectivity index (χ1v) is 6.89. The van der Waals surface area contributed by atoms with Gasteiger partial charge in [-0.25, -0.2) is 4.79 Å². The third kappa shape index (κ3) is 7.59. The first-order valence-electron chi connectivity index (χ1n) is 5.90. The second-order valence-electron chi connectivity index (χ2n) is 3.91. The van der Waals surface area contributed by atoms with Gasteiger partial charge in [0.05, 0.1) is 18.4 Å². The quantitative estimate of drug-likeness (QED) is 0.494. The van der Waals surface area contributed by atoms with Crippen LogP contribution in [0.4, 0.5) is 0 Å². The highest BCUT2D eigenvalue weighted by Crippen LogP contribution is 2.13. The molecule has 0 N–H and O–H groups in total. The van der Waals surface area contributed by atoms with Crippen molar-refractivity contribution in [2.24, 2.45) is 5.92 Å². The molecule has 0 radical (unpaired) electrons. The average molecular weight is 299 g/mol. The Morgan fingerprint density at radius 1 is 1.40 bits per heavy atom. The summed E-state index contributed by atoms with van der Waals surface area (Å²) in [5.41, 5.74) is 0. The Hall–Kier alpha value is -1.81. The number of nitriles is 1. The summed E-state index contributed by atoms with van der Waals surface area (Å²) in [6.45, 7) is 6.34. The topological polar surface area (TPSA) is 93.5 Å². The van der Waals surface area contributed by atoms with Gasteiger partial charge < -0.3 is 9.47 Å². The summed E-state index contributed by atoms with van der Waals surface area (Å²) in [5, 5.41) is 8.51. The smallest absolute Gasteiger partial charge is 0.348 e. The van der Waals surface area contributed by atoms with Crippen LogP contribution in [0.25, 0.3) is 0 Å². The molecule has 0 aromatic rings. The summed E-state index contributed by atoms with van der Waals surface area (Å²) in [7, 11) is 0. The van der Waals surface area contributed by atoms with E-state index in [1.807, 2.05) is 0 Å². The Bertz CT molecular complexity index is 415. The zero-order valence-electron chi connectivity index (χ0n) is 11.5. The van der Waals surface area contributed by atoms with Crippen molar-refractivity contribution in [3.05, 3.63) is 12.7 Å². The predicted octanol–water partition coefficient (Wildman–Crippen LogP) is 1.46. The summed E-state index contributed by atoms with van der Waals surface area (Å²) in [6.07, 6.45) is -0.166. The maximum Gasteiger partial charge on any atom is 0.348 e. The normalized spacial score (nSPS) is 12.7. The molecular weight excluding hydrogens is 282 g/mol. The van der Waals surface area contributed by atoms with E-state index in [1.54, 1.807) is 13.0 Å². The van der Waals surface area contributed by atoms with Crippen molar-refractivity contribution < 1.29 is 23.9 Å². The third-order valence-corrected chi connectivity index (χ3v) is 3.15. The standard InChI is InChI=1S/C13H17NO5S/c1-4-7-18-13(17)11(5-6-14)19-12(16)9(2)8-20-10(3)15/h4,9,11H,1,5,7-8H2,2-3H3/t9-,11?/m1/s1. The van der Waals surface area contributed by atoms with Crippen molar-refractivity contribution >= 4 is 28.8 Å². The SMILES string of the molecule is C=CCOC(=O)C(CC#N)OC(=O)[C@H](C)CSC(C)=O. The van der Waals surface area contributed by atoms with Gasteiger partial charge in [-0.05, 0) is 0 Å². The molecular formula is C13H17NO5S. The van der Waals surface area contributed by atoms with Gasteiger partial charge in [0.25, 0.3) is 0 Å². The third-order valence-electron chi connectivity index (χ3n) is 2.08. The van der Waals surface area contributed by atoms with E-state index in [0.29, 0.717) is 0 Å². The lowest BCUT2D eigenvalue weighted by molar-refractivity contribution is -0.168. The molecule has 0 saturated heterocycles. The summed E-state index contributed by atoms with van der Waals surface area (Å²) in [5.74, 6) is -1.73. The summed E-state index contributed by atoms with van der Waals surface area (Å²) in [6, 6.07) is 1.76. The molecule has 0 aliphatic rings. The van der Waals surface area contributed by atoms with Crippen LogP contribution in [0.15, 0.2) is 12.7 Å². The molecule has 2 atom stereocenters. The molecule has 0 fully saturated rings. The van der Waals surface area contributed by atoms with Gasteiger partial charge in [0.2, 0.25) is 6.10 Å². The van der Waals surface area contributed by atoms with E-state index >= 15 is 0 Å². The predicted molar refractivity (Wildman–Crippen MR) is 73.6 cm³/mol. The first kappa shape index (κ1) is 18.2. The molecule has 0 aliphatic carbocycles. The van der Waals surface area contributed by atoms with Gasteiger partial charge in [-0.3, -0.25) is 9.59 Å². The molecule has 1 unspecified atom stereocenters. The van der Waals surface area contributed by atoms with Crippen LogP contribution in [0.5, 0.6) is 0 Å². The van der Waals surface area contributed by atoms with Crippen LogP contribution >= 0.6 is 11.8 Å². The lowest BCUT2D eigenvalue weighted by Gasteiger charge is -2.16. The van der Waals surface area contributed by atoms with Crippen molar-refractivity contribution in [1.82, 2.24) is 0 Å². The molecule has 0 aromatic heterocycles. The fraction of sp³-hybridized carbons (Fsp3) is 0.538. The molecule has 0 bridgehead atoms. The summed E-state index contributed by atoms with van der Waals surface area (Å²) < 4.78 is 9.69. The van der Waals surface area contributed by atoms with Crippen molar-refractivity contribution in [2.45, 2.75) is 26.4 Å². The van der Waals surface area contributed by atoms with Gasteiger partial charge in [-0.1, -0.05) is 31.3 Å². The number of ether oxygens (including phenoxy) is 2. The van der Waals surface area contributed by atoms with Crippen LogP contribution in [-0.4, -0.2) is 35.5 Å². The maximum atomic E-state index is 11.7. The Morgan fingerprint density at radius 3 is 2.55 bits per heavy atom. The van der Waals surface area contributed by atoms with Gasteiger partial charge in [0, 0.05) is 12.7 Å². The van der Waals surface area contributed by atoms with E-state index < -0.39 is 24.0 Å². The minimum atomic E-state index is -1.25. The molecule has 0 aromatic carbocycles. The number of esters is 2. The van der Waals surface area contributed by atoms with E-state index in [4.69, 9.17) is 14.7 Å².